The van der Waals surface area contributed by atoms with E-state index in [0.717, 1.165) is 35.0 Å². The van der Waals surface area contributed by atoms with Crippen LogP contribution in [0.25, 0.3) is 10.9 Å². The Kier molecular flexibility index (Phi) is 4.94. The fourth-order valence-corrected chi connectivity index (χ4v) is 3.35. The molecule has 0 aliphatic carbocycles. The lowest BCUT2D eigenvalue weighted by Gasteiger charge is -2.15. The molecule has 30 heavy (non-hydrogen) atoms. The highest BCUT2D eigenvalue weighted by molar-refractivity contribution is 5.99. The van der Waals surface area contributed by atoms with Gasteiger partial charge >= 0.3 is 5.97 Å². The van der Waals surface area contributed by atoms with Crippen LogP contribution in [0.4, 0.5) is 14.5 Å². The lowest BCUT2D eigenvalue weighted by Crippen LogP contribution is -2.31. The molecule has 7 nitrogen and oxygen atoms in total. The van der Waals surface area contributed by atoms with Crippen molar-refractivity contribution in [2.24, 2.45) is 0 Å². The van der Waals surface area contributed by atoms with E-state index in [1.807, 2.05) is 6.07 Å². The highest BCUT2D eigenvalue weighted by Gasteiger charge is 2.20. The Balaban J connectivity index is 1.36. The molecule has 1 atom stereocenters. The number of fused-ring (bicyclic) bond motifs is 2. The number of aromatic amines is 1. The van der Waals surface area contributed by atoms with Crippen LogP contribution in [0.2, 0.25) is 0 Å². The van der Waals surface area contributed by atoms with E-state index in [-0.39, 0.29) is 35.0 Å². The van der Waals surface area contributed by atoms with Gasteiger partial charge in [0.15, 0.2) is 6.61 Å². The number of H-pyrrole nitrogens is 1. The zero-order chi connectivity index (χ0) is 21.4. The minimum absolute atomic E-state index is 0.0791. The molecule has 0 spiro atoms. The number of halogens is 2. The number of anilines is 1. The molecular formula is C21H17F2N3O4. The fourth-order valence-electron chi connectivity index (χ4n) is 3.35. The molecule has 1 aromatic heterocycles. The van der Waals surface area contributed by atoms with Crippen LogP contribution < -0.4 is 10.6 Å². The van der Waals surface area contributed by atoms with Crippen molar-refractivity contribution in [1.82, 2.24) is 10.3 Å². The van der Waals surface area contributed by atoms with E-state index < -0.39 is 30.1 Å². The van der Waals surface area contributed by atoms with Gasteiger partial charge in [-0.25, -0.2) is 13.6 Å². The molecule has 1 unspecified atom stereocenters. The quantitative estimate of drug-likeness (QED) is 0.560. The van der Waals surface area contributed by atoms with Crippen molar-refractivity contribution in [3.05, 3.63) is 64.9 Å². The van der Waals surface area contributed by atoms with Crippen molar-refractivity contribution in [3.63, 3.8) is 0 Å². The second kappa shape index (κ2) is 7.58. The summed E-state index contributed by atoms with van der Waals surface area (Å²) in [4.78, 5) is 38.2. The van der Waals surface area contributed by atoms with Crippen LogP contribution in [0.15, 0.2) is 36.4 Å². The normalized spacial score (nSPS) is 13.6. The van der Waals surface area contributed by atoms with Gasteiger partial charge in [-0.05, 0) is 42.3 Å². The van der Waals surface area contributed by atoms with Gasteiger partial charge in [0.1, 0.15) is 17.3 Å². The van der Waals surface area contributed by atoms with E-state index >= 15 is 0 Å². The maximum atomic E-state index is 13.7. The number of esters is 1. The summed E-state index contributed by atoms with van der Waals surface area (Å²) in [7, 11) is 0. The van der Waals surface area contributed by atoms with E-state index in [1.54, 1.807) is 19.1 Å². The summed E-state index contributed by atoms with van der Waals surface area (Å²) >= 11 is 0. The highest BCUT2D eigenvalue weighted by Crippen LogP contribution is 2.26. The molecular weight excluding hydrogens is 396 g/mol. The Labute approximate surface area is 169 Å². The molecule has 3 N–H and O–H groups in total. The van der Waals surface area contributed by atoms with Crippen LogP contribution in [0.3, 0.4) is 0 Å². The van der Waals surface area contributed by atoms with Crippen LogP contribution in [0, 0.1) is 11.6 Å². The molecule has 1 aliphatic heterocycles. The molecule has 9 heteroatoms. The largest absolute Gasteiger partial charge is 0.451 e. The predicted molar refractivity (Wildman–Crippen MR) is 104 cm³/mol. The molecule has 0 saturated heterocycles. The Bertz CT molecular complexity index is 1150. The maximum absolute atomic E-state index is 13.7. The Morgan fingerprint density at radius 2 is 1.93 bits per heavy atom. The van der Waals surface area contributed by atoms with Crippen molar-refractivity contribution >= 4 is 34.4 Å². The van der Waals surface area contributed by atoms with Gasteiger partial charge in [0.25, 0.3) is 5.91 Å². The molecule has 0 radical (unpaired) electrons. The van der Waals surface area contributed by atoms with Crippen LogP contribution in [-0.2, 0) is 20.7 Å². The molecule has 2 heterocycles. The summed E-state index contributed by atoms with van der Waals surface area (Å²) in [6.45, 7) is 1.20. The summed E-state index contributed by atoms with van der Waals surface area (Å²) in [5, 5.41) is 5.35. The number of ether oxygens (including phenoxy) is 1. The van der Waals surface area contributed by atoms with Gasteiger partial charge in [-0.1, -0.05) is 12.1 Å². The lowest BCUT2D eigenvalue weighted by atomic mass is 10.0. The van der Waals surface area contributed by atoms with Crippen LogP contribution in [-0.4, -0.2) is 29.4 Å². The number of hydrogen-bond acceptors (Lipinski definition) is 4. The second-order valence-corrected chi connectivity index (χ2v) is 7.01. The lowest BCUT2D eigenvalue weighted by molar-refractivity contribution is -0.124. The van der Waals surface area contributed by atoms with Crippen LogP contribution in [0.1, 0.15) is 34.6 Å². The van der Waals surface area contributed by atoms with E-state index in [0.29, 0.717) is 0 Å². The summed E-state index contributed by atoms with van der Waals surface area (Å²) in [5.74, 6) is -2.92. The Morgan fingerprint density at radius 3 is 2.70 bits per heavy atom. The number of rotatable bonds is 5. The first-order valence-electron chi connectivity index (χ1n) is 9.17. The first-order valence-corrected chi connectivity index (χ1v) is 9.17. The predicted octanol–water partition coefficient (Wildman–Crippen LogP) is 2.97. The Hall–Kier alpha value is -3.75. The monoisotopic (exact) mass is 413 g/mol. The van der Waals surface area contributed by atoms with Gasteiger partial charge in [0.05, 0.1) is 18.0 Å². The van der Waals surface area contributed by atoms with Crippen molar-refractivity contribution in [2.75, 3.05) is 11.9 Å². The number of aromatic nitrogens is 1. The number of carbonyl (C=O) groups excluding carboxylic acids is 3. The molecule has 154 valence electrons. The molecule has 1 aliphatic rings. The molecule has 0 bridgehead atoms. The summed E-state index contributed by atoms with van der Waals surface area (Å²) in [5.41, 5.74) is 2.09. The zero-order valence-corrected chi connectivity index (χ0v) is 15.8. The third kappa shape index (κ3) is 3.73. The molecule has 0 fully saturated rings. The number of hydrogen-bond donors (Lipinski definition) is 3. The van der Waals surface area contributed by atoms with Crippen molar-refractivity contribution in [2.45, 2.75) is 19.4 Å². The number of benzene rings is 2. The van der Waals surface area contributed by atoms with Gasteiger partial charge < -0.3 is 20.4 Å². The standard InChI is InChI=1S/C21H17F2N3O4/c1-10(11-2-5-16-12(6-11)7-18(27)25-16)24-19(28)9-30-21(29)17-8-13-14(22)3-4-15(23)20(13)26-17/h2-6,8,10,26H,7,9H2,1H3,(H,24,28)(H,25,27). The molecule has 2 aromatic carbocycles. The minimum atomic E-state index is -0.907. The van der Waals surface area contributed by atoms with Gasteiger partial charge in [-0.15, -0.1) is 0 Å². The SMILES string of the molecule is CC(NC(=O)COC(=O)c1cc2c(F)ccc(F)c2[nH]1)c1ccc2c(c1)CC(=O)N2. The van der Waals surface area contributed by atoms with Gasteiger partial charge in [-0.2, -0.15) is 0 Å². The van der Waals surface area contributed by atoms with E-state index in [1.165, 1.54) is 0 Å². The van der Waals surface area contributed by atoms with Gasteiger partial charge in [0, 0.05) is 11.1 Å². The van der Waals surface area contributed by atoms with Gasteiger partial charge in [-0.3, -0.25) is 9.59 Å². The maximum Gasteiger partial charge on any atom is 0.355 e. The van der Waals surface area contributed by atoms with Crippen LogP contribution in [0.5, 0.6) is 0 Å². The number of amides is 2. The smallest absolute Gasteiger partial charge is 0.355 e. The van der Waals surface area contributed by atoms with E-state index in [9.17, 15) is 23.2 Å². The third-order valence-corrected chi connectivity index (χ3v) is 4.88. The summed E-state index contributed by atoms with van der Waals surface area (Å²) in [6.07, 6.45) is 0.285. The van der Waals surface area contributed by atoms with Crippen molar-refractivity contribution < 1.29 is 27.9 Å². The average Bonchev–Trinajstić information content (AvgIpc) is 3.32. The van der Waals surface area contributed by atoms with Gasteiger partial charge in [0.2, 0.25) is 5.91 Å². The molecule has 0 saturated carbocycles. The van der Waals surface area contributed by atoms with Crippen LogP contribution >= 0.6 is 0 Å². The number of nitrogens with one attached hydrogen (secondary N) is 3. The second-order valence-electron chi connectivity index (χ2n) is 7.01. The first kappa shape index (κ1) is 19.6. The Morgan fingerprint density at radius 1 is 1.17 bits per heavy atom. The highest BCUT2D eigenvalue weighted by atomic mass is 19.1. The van der Waals surface area contributed by atoms with E-state index in [4.69, 9.17) is 4.74 Å². The zero-order valence-electron chi connectivity index (χ0n) is 15.8. The molecule has 4 rings (SSSR count). The fraction of sp³-hybridized carbons (Fsp3) is 0.190. The number of carbonyl (C=O) groups is 3. The molecule has 3 aromatic rings. The topological polar surface area (TPSA) is 100 Å². The minimum Gasteiger partial charge on any atom is -0.451 e. The first-order chi connectivity index (χ1) is 14.3. The van der Waals surface area contributed by atoms with E-state index in [2.05, 4.69) is 15.6 Å². The third-order valence-electron chi connectivity index (χ3n) is 4.88. The summed E-state index contributed by atoms with van der Waals surface area (Å²) in [6, 6.07) is 8.05. The van der Waals surface area contributed by atoms with Crippen molar-refractivity contribution in [3.8, 4) is 0 Å². The summed E-state index contributed by atoms with van der Waals surface area (Å²) < 4.78 is 32.4. The molecule has 2 amide bonds. The average molecular weight is 413 g/mol. The van der Waals surface area contributed by atoms with Crippen molar-refractivity contribution in [1.29, 1.82) is 0 Å².